The number of aromatic nitrogens is 8. The molecule has 0 unspecified atom stereocenters. The molecule has 0 fully saturated rings. The first-order valence-corrected chi connectivity index (χ1v) is 12.8. The number of carbonyl (C=O) groups excluding carboxylic acids is 1. The summed E-state index contributed by atoms with van der Waals surface area (Å²) in [6.45, 7) is 11.1. The number of carbonyl (C=O) groups is 2. The Morgan fingerprint density at radius 2 is 1.21 bits per heavy atom. The molecule has 0 amide bonds. The van der Waals surface area contributed by atoms with Crippen LogP contribution < -0.4 is 28.3 Å². The number of methoxy groups -OCH3 is 1. The van der Waals surface area contributed by atoms with Crippen molar-refractivity contribution in [2.75, 3.05) is 20.3 Å². The minimum atomic E-state index is -1.04. The molecule has 4 aromatic heterocycles. The third-order valence-electron chi connectivity index (χ3n) is 5.69. The Labute approximate surface area is 261 Å². The van der Waals surface area contributed by atoms with Crippen LogP contribution in [0.5, 0.6) is 11.8 Å². The van der Waals surface area contributed by atoms with Gasteiger partial charge in [0, 0.05) is 35.9 Å². The molecule has 0 saturated carbocycles. The quantitative estimate of drug-likeness (QED) is 0.192. The van der Waals surface area contributed by atoms with E-state index in [1.807, 2.05) is 41.5 Å². The summed E-state index contributed by atoms with van der Waals surface area (Å²) in [6.07, 6.45) is 9.90. The van der Waals surface area contributed by atoms with Crippen molar-refractivity contribution in [3.63, 3.8) is 0 Å². The summed E-state index contributed by atoms with van der Waals surface area (Å²) < 4.78 is 18.7. The van der Waals surface area contributed by atoms with Gasteiger partial charge in [-0.25, -0.2) is 29.5 Å². The Morgan fingerprint density at radius 3 is 1.53 bits per heavy atom. The standard InChI is InChI=1S/C14H18N4O3.C13H16N4O3.Li.H2O/c1-9(2)12-10(3)16-14(18-6-5-15-8-18)17-13(12)21-7-11(19)20-4;1-8(2)11-9(3)15-13(17-5-4-14-7-17)16-12(11)20-6-10(18)19;;/h5-6,8-9H,7H2,1-4H3;4-5,7-8H,6H2,1-3H3,(H,18,19);;1H2/q;;+1;/p-1. The molecule has 2 N–H and O–H groups in total. The molecular weight excluding hydrogens is 555 g/mol. The zero-order valence-electron chi connectivity index (χ0n) is 25.5. The van der Waals surface area contributed by atoms with E-state index in [9.17, 15) is 9.59 Å². The zero-order valence-corrected chi connectivity index (χ0v) is 25.5. The molecule has 4 heterocycles. The summed E-state index contributed by atoms with van der Waals surface area (Å²) in [4.78, 5) is 47.4. The van der Waals surface area contributed by atoms with Gasteiger partial charge in [-0.3, -0.25) is 9.13 Å². The molecule has 226 valence electrons. The van der Waals surface area contributed by atoms with Gasteiger partial charge in [-0.15, -0.1) is 0 Å². The number of esters is 1. The Hall–Kier alpha value is -4.32. The number of carboxylic acid groups (broad SMARTS) is 1. The predicted molar refractivity (Wildman–Crippen MR) is 149 cm³/mol. The summed E-state index contributed by atoms with van der Waals surface area (Å²) in [5, 5.41) is 8.74. The number of rotatable bonds is 10. The fourth-order valence-corrected chi connectivity index (χ4v) is 3.93. The second-order valence-electron chi connectivity index (χ2n) is 9.45. The number of hydrogen-bond donors (Lipinski definition) is 1. The Balaban J connectivity index is 0.000000411. The minimum absolute atomic E-state index is 0. The van der Waals surface area contributed by atoms with E-state index in [4.69, 9.17) is 14.6 Å². The molecule has 16 heteroatoms. The average molecular weight is 591 g/mol. The Morgan fingerprint density at radius 1 is 0.791 bits per heavy atom. The van der Waals surface area contributed by atoms with Gasteiger partial charge in [0.1, 0.15) is 12.7 Å². The number of carboxylic acids is 1. The van der Waals surface area contributed by atoms with Gasteiger partial charge >= 0.3 is 30.8 Å². The number of nitrogens with zero attached hydrogens (tertiary/aromatic N) is 8. The molecule has 0 aliphatic heterocycles. The maximum absolute atomic E-state index is 11.3. The molecule has 0 saturated heterocycles. The van der Waals surface area contributed by atoms with Crippen LogP contribution in [0.3, 0.4) is 0 Å². The van der Waals surface area contributed by atoms with Crippen LogP contribution in [0, 0.1) is 13.8 Å². The first-order valence-electron chi connectivity index (χ1n) is 12.8. The summed E-state index contributed by atoms with van der Waals surface area (Å²) in [6, 6.07) is 0. The van der Waals surface area contributed by atoms with Crippen LogP contribution in [-0.4, -0.2) is 81.9 Å². The number of aliphatic carboxylic acids is 1. The van der Waals surface area contributed by atoms with Gasteiger partial charge in [0.25, 0.3) is 0 Å². The SMILES string of the molecule is COC(=O)COc1nc(-n2ccnc2)nc(C)c1C(C)C.Cc1nc(-n2ccnc2)nc(OCC(=O)O)c1C(C)C.[Li+].[OH-]. The summed E-state index contributed by atoms with van der Waals surface area (Å²) in [7, 11) is 1.32. The number of hydrogen-bond acceptors (Lipinski definition) is 12. The summed E-state index contributed by atoms with van der Waals surface area (Å²) >= 11 is 0. The third-order valence-corrected chi connectivity index (χ3v) is 5.69. The van der Waals surface area contributed by atoms with Crippen molar-refractivity contribution in [3.8, 4) is 23.7 Å². The van der Waals surface area contributed by atoms with Gasteiger partial charge in [0.2, 0.25) is 23.7 Å². The maximum Gasteiger partial charge on any atom is 1.00 e. The molecule has 0 aliphatic carbocycles. The maximum atomic E-state index is 11.3. The van der Waals surface area contributed by atoms with Gasteiger partial charge in [-0.1, -0.05) is 27.7 Å². The number of aryl methyl sites for hydroxylation is 2. The molecule has 15 nitrogen and oxygen atoms in total. The van der Waals surface area contributed by atoms with Crippen LogP contribution >= 0.6 is 0 Å². The molecule has 0 aromatic carbocycles. The average Bonchev–Trinajstić information content (AvgIpc) is 3.65. The van der Waals surface area contributed by atoms with Crippen LogP contribution in [0.1, 0.15) is 62.0 Å². The van der Waals surface area contributed by atoms with Crippen LogP contribution in [0.15, 0.2) is 37.4 Å². The molecule has 4 aromatic rings. The van der Waals surface area contributed by atoms with E-state index in [1.165, 1.54) is 7.11 Å². The molecule has 43 heavy (non-hydrogen) atoms. The van der Waals surface area contributed by atoms with Crippen molar-refractivity contribution in [2.24, 2.45) is 0 Å². The van der Waals surface area contributed by atoms with Gasteiger partial charge in [0.15, 0.2) is 13.2 Å². The fraction of sp³-hybridized carbons (Fsp3) is 0.407. The van der Waals surface area contributed by atoms with Gasteiger partial charge in [-0.05, 0) is 25.7 Å². The van der Waals surface area contributed by atoms with Crippen molar-refractivity contribution in [1.82, 2.24) is 39.0 Å². The summed E-state index contributed by atoms with van der Waals surface area (Å²) in [5.41, 5.74) is 3.26. The van der Waals surface area contributed by atoms with E-state index >= 15 is 0 Å². The zero-order chi connectivity index (χ0) is 30.1. The number of ether oxygens (including phenoxy) is 3. The Kier molecular flexibility index (Phi) is 14.5. The molecule has 4 rings (SSSR count). The van der Waals surface area contributed by atoms with E-state index < -0.39 is 18.5 Å². The fourth-order valence-electron chi connectivity index (χ4n) is 3.93. The monoisotopic (exact) mass is 590 g/mol. The first kappa shape index (κ1) is 36.7. The minimum Gasteiger partial charge on any atom is -0.870 e. The normalized spacial score (nSPS) is 10.3. The van der Waals surface area contributed by atoms with E-state index in [1.54, 1.807) is 46.6 Å². The van der Waals surface area contributed by atoms with Crippen LogP contribution in [0.2, 0.25) is 0 Å². The van der Waals surface area contributed by atoms with E-state index in [0.717, 1.165) is 22.5 Å². The van der Waals surface area contributed by atoms with Crippen LogP contribution in [-0.2, 0) is 14.3 Å². The first-order chi connectivity index (χ1) is 19.5. The molecule has 0 atom stereocenters. The predicted octanol–water partition coefficient (Wildman–Crippen LogP) is 0.0306. The molecule has 0 spiro atoms. The largest absolute Gasteiger partial charge is 1.00 e. The van der Waals surface area contributed by atoms with Crippen molar-refractivity contribution in [2.45, 2.75) is 53.4 Å². The third kappa shape index (κ3) is 9.88. The second kappa shape index (κ2) is 17.0. The van der Waals surface area contributed by atoms with E-state index in [-0.39, 0.29) is 42.8 Å². The van der Waals surface area contributed by atoms with Gasteiger partial charge in [0.05, 0.1) is 18.5 Å². The number of imidazole rings is 2. The second-order valence-corrected chi connectivity index (χ2v) is 9.45. The smallest absolute Gasteiger partial charge is 0.870 e. The van der Waals surface area contributed by atoms with Crippen molar-refractivity contribution >= 4 is 11.9 Å². The molecule has 0 aliphatic rings. The van der Waals surface area contributed by atoms with Crippen molar-refractivity contribution < 1.29 is 53.2 Å². The topological polar surface area (TPSA) is 199 Å². The van der Waals surface area contributed by atoms with Gasteiger partial charge < -0.3 is 24.8 Å². The van der Waals surface area contributed by atoms with Crippen molar-refractivity contribution in [3.05, 3.63) is 60.0 Å². The molecular formula is C27H35LiN8O7. The van der Waals surface area contributed by atoms with Crippen LogP contribution in [0.4, 0.5) is 0 Å². The summed E-state index contributed by atoms with van der Waals surface area (Å²) in [5.74, 6) is 0.375. The molecule has 0 bridgehead atoms. The van der Waals surface area contributed by atoms with Crippen molar-refractivity contribution in [1.29, 1.82) is 0 Å². The van der Waals surface area contributed by atoms with Gasteiger partial charge in [-0.2, -0.15) is 9.97 Å². The Bertz CT molecular complexity index is 1460. The van der Waals surface area contributed by atoms with E-state index in [2.05, 4.69) is 34.6 Å². The van der Waals surface area contributed by atoms with E-state index in [0.29, 0.717) is 23.7 Å². The molecule has 0 radical (unpaired) electrons. The van der Waals surface area contributed by atoms with Crippen LogP contribution in [0.25, 0.3) is 11.9 Å².